The second kappa shape index (κ2) is 6.27. The fourth-order valence-corrected chi connectivity index (χ4v) is 6.96. The van der Waals surface area contributed by atoms with E-state index in [1.165, 1.54) is 24.3 Å². The fraction of sp³-hybridized carbons (Fsp3) is 0. The average Bonchev–Trinajstić information content (AvgIpc) is 2.46. The molecule has 0 N–H and O–H groups in total. The Morgan fingerprint density at radius 1 is 0.850 bits per heavy atom. The van der Waals surface area contributed by atoms with Crippen LogP contribution in [0.2, 0.25) is 0 Å². The van der Waals surface area contributed by atoms with Gasteiger partial charge < -0.3 is 0 Å². The van der Waals surface area contributed by atoms with Gasteiger partial charge in [0.1, 0.15) is 0 Å². The zero-order valence-corrected chi connectivity index (χ0v) is 13.6. The number of nitro groups is 2. The quantitative estimate of drug-likeness (QED) is 0.393. The maximum atomic E-state index is 10.8. The second-order valence-electron chi connectivity index (χ2n) is 3.71. The summed E-state index contributed by atoms with van der Waals surface area (Å²) < 4.78 is 1.65. The SMILES string of the molecule is O=[N+]([O-])c1cccc(I(Br)c2cccc([N+](=O)[O-])c2)c1. The van der Waals surface area contributed by atoms with E-state index in [1.807, 2.05) is 0 Å². The Kier molecular flexibility index (Phi) is 4.65. The van der Waals surface area contributed by atoms with Crippen LogP contribution in [0.15, 0.2) is 48.5 Å². The predicted octanol–water partition coefficient (Wildman–Crippen LogP) is 4.36. The number of non-ortho nitro benzene ring substituents is 2. The molecule has 0 atom stereocenters. The molecule has 104 valence electrons. The van der Waals surface area contributed by atoms with Crippen molar-refractivity contribution in [3.63, 3.8) is 0 Å². The number of nitrogens with zero attached hydrogens (tertiary/aromatic N) is 2. The summed E-state index contributed by atoms with van der Waals surface area (Å²) in [4.78, 5) is 20.6. The van der Waals surface area contributed by atoms with E-state index in [1.54, 1.807) is 24.3 Å². The zero-order valence-electron chi connectivity index (χ0n) is 9.90. The van der Waals surface area contributed by atoms with Crippen LogP contribution in [-0.2, 0) is 0 Å². The molecule has 0 bridgehead atoms. The third kappa shape index (κ3) is 3.31. The third-order valence-electron chi connectivity index (χ3n) is 2.42. The van der Waals surface area contributed by atoms with E-state index in [0.29, 0.717) is 0 Å². The molecule has 0 aliphatic heterocycles. The molecule has 0 aliphatic carbocycles. The van der Waals surface area contributed by atoms with Gasteiger partial charge in [0.05, 0.1) is 0 Å². The Balaban J connectivity index is 2.38. The average molecular weight is 451 g/mol. The van der Waals surface area contributed by atoms with Crippen LogP contribution in [0.5, 0.6) is 0 Å². The van der Waals surface area contributed by atoms with E-state index >= 15 is 0 Å². The molecule has 20 heavy (non-hydrogen) atoms. The summed E-state index contributed by atoms with van der Waals surface area (Å²) in [6.07, 6.45) is 0. The van der Waals surface area contributed by atoms with Crippen molar-refractivity contribution in [1.82, 2.24) is 0 Å². The van der Waals surface area contributed by atoms with E-state index in [4.69, 9.17) is 0 Å². The molecule has 0 amide bonds. The van der Waals surface area contributed by atoms with Crippen LogP contribution in [-0.4, -0.2) is 9.85 Å². The van der Waals surface area contributed by atoms with Crippen molar-refractivity contribution in [2.45, 2.75) is 0 Å². The molecule has 0 radical (unpaired) electrons. The number of hydrogen-bond donors (Lipinski definition) is 0. The van der Waals surface area contributed by atoms with Crippen LogP contribution in [0.25, 0.3) is 0 Å². The van der Waals surface area contributed by atoms with Crippen LogP contribution in [0, 0.1) is 27.4 Å². The van der Waals surface area contributed by atoms with Gasteiger partial charge >= 0.3 is 127 Å². The Morgan fingerprint density at radius 3 is 1.60 bits per heavy atom. The molecule has 0 heterocycles. The second-order valence-corrected chi connectivity index (χ2v) is 11.6. The first-order chi connectivity index (χ1) is 9.49. The summed E-state index contributed by atoms with van der Waals surface area (Å²) in [5.74, 6) is 0. The molecule has 6 nitrogen and oxygen atoms in total. The summed E-state index contributed by atoms with van der Waals surface area (Å²) in [5.41, 5.74) is 0.0457. The molecular weight excluding hydrogens is 443 g/mol. The van der Waals surface area contributed by atoms with Gasteiger partial charge in [-0.15, -0.1) is 0 Å². The van der Waals surface area contributed by atoms with Crippen molar-refractivity contribution < 1.29 is 9.85 Å². The summed E-state index contributed by atoms with van der Waals surface area (Å²) in [7, 11) is 0. The van der Waals surface area contributed by atoms with Gasteiger partial charge in [-0.05, 0) is 0 Å². The van der Waals surface area contributed by atoms with E-state index in [2.05, 4.69) is 12.7 Å². The summed E-state index contributed by atoms with van der Waals surface area (Å²) in [6.45, 7) is 0. The number of rotatable bonds is 4. The van der Waals surface area contributed by atoms with Crippen molar-refractivity contribution in [1.29, 1.82) is 0 Å². The van der Waals surface area contributed by atoms with Gasteiger partial charge in [-0.25, -0.2) is 0 Å². The Labute approximate surface area is 127 Å². The molecule has 0 saturated carbocycles. The topological polar surface area (TPSA) is 86.3 Å². The fourth-order valence-electron chi connectivity index (χ4n) is 1.51. The molecule has 0 aromatic heterocycles. The van der Waals surface area contributed by atoms with Crippen LogP contribution in [0.4, 0.5) is 11.4 Å². The Bertz CT molecular complexity index is 623. The third-order valence-corrected chi connectivity index (χ3v) is 10.6. The number of hydrogen-bond acceptors (Lipinski definition) is 4. The molecule has 2 aromatic rings. The first kappa shape index (κ1) is 14.9. The molecule has 0 spiro atoms. The van der Waals surface area contributed by atoms with E-state index in [9.17, 15) is 20.2 Å². The van der Waals surface area contributed by atoms with Crippen molar-refractivity contribution in [3.05, 3.63) is 75.9 Å². The normalized spacial score (nSPS) is 10.9. The first-order valence-electron chi connectivity index (χ1n) is 5.34. The molecule has 2 aromatic carbocycles. The predicted molar refractivity (Wildman–Crippen MR) is 86.5 cm³/mol. The van der Waals surface area contributed by atoms with Crippen molar-refractivity contribution in [2.24, 2.45) is 0 Å². The van der Waals surface area contributed by atoms with Gasteiger partial charge in [0, 0.05) is 0 Å². The Morgan fingerprint density at radius 2 is 1.25 bits per heavy atom. The zero-order chi connectivity index (χ0) is 14.7. The molecular formula is C12H8BrIN2O4. The van der Waals surface area contributed by atoms with Gasteiger partial charge in [0.25, 0.3) is 0 Å². The van der Waals surface area contributed by atoms with E-state index in [-0.39, 0.29) is 11.4 Å². The maximum absolute atomic E-state index is 10.8. The van der Waals surface area contributed by atoms with Gasteiger partial charge in [-0.3, -0.25) is 0 Å². The van der Waals surface area contributed by atoms with Gasteiger partial charge in [-0.2, -0.15) is 0 Å². The number of benzene rings is 2. The van der Waals surface area contributed by atoms with Crippen molar-refractivity contribution in [2.75, 3.05) is 0 Å². The molecule has 0 saturated heterocycles. The standard InChI is InChI=1S/C12H8BrIN2O4/c13-14(9-3-1-5-11(7-9)15(17)18)10-4-2-6-12(8-10)16(19)20/h1-8H. The summed E-state index contributed by atoms with van der Waals surface area (Å²) in [5, 5.41) is 21.5. The van der Waals surface area contributed by atoms with Gasteiger partial charge in [0.2, 0.25) is 0 Å². The monoisotopic (exact) mass is 450 g/mol. The molecule has 8 heteroatoms. The van der Waals surface area contributed by atoms with Gasteiger partial charge in [-0.1, -0.05) is 0 Å². The Hall–Kier alpha value is -1.55. The number of halogens is 2. The minimum atomic E-state index is -2.05. The molecule has 0 aliphatic rings. The van der Waals surface area contributed by atoms with Gasteiger partial charge in [0.15, 0.2) is 0 Å². The van der Waals surface area contributed by atoms with Crippen LogP contribution < -0.4 is 0 Å². The van der Waals surface area contributed by atoms with Crippen LogP contribution in [0.1, 0.15) is 0 Å². The summed E-state index contributed by atoms with van der Waals surface area (Å²) >= 11 is 1.53. The van der Waals surface area contributed by atoms with Crippen LogP contribution >= 0.6 is 30.3 Å². The molecule has 0 fully saturated rings. The minimum absolute atomic E-state index is 0.0229. The van der Waals surface area contributed by atoms with Crippen molar-refractivity contribution >= 4 is 41.7 Å². The van der Waals surface area contributed by atoms with E-state index < -0.39 is 27.4 Å². The van der Waals surface area contributed by atoms with Crippen molar-refractivity contribution in [3.8, 4) is 0 Å². The number of nitro benzene ring substituents is 2. The molecule has 2 rings (SSSR count). The first-order valence-corrected chi connectivity index (χ1v) is 12.3. The summed E-state index contributed by atoms with van der Waals surface area (Å²) in [6, 6.07) is 12.7. The van der Waals surface area contributed by atoms with E-state index in [0.717, 1.165) is 7.14 Å². The molecule has 0 unspecified atom stereocenters. The van der Waals surface area contributed by atoms with Crippen LogP contribution in [0.3, 0.4) is 0 Å².